The van der Waals surface area contributed by atoms with Crippen molar-refractivity contribution in [3.8, 4) is 0 Å². The molecule has 2 nitrogen and oxygen atoms in total. The Balaban J connectivity index is 2.05. The average Bonchev–Trinajstić information content (AvgIpc) is 2.90. The predicted molar refractivity (Wildman–Crippen MR) is 78.0 cm³/mol. The highest BCUT2D eigenvalue weighted by molar-refractivity contribution is 5.25. The number of nitrogens with zero attached hydrogens (tertiary/aromatic N) is 1. The van der Waals surface area contributed by atoms with Crippen molar-refractivity contribution in [2.45, 2.75) is 51.5 Å². The molecule has 0 aromatic heterocycles. The monoisotopic (exact) mass is 300 g/mol. The predicted octanol–water partition coefficient (Wildman–Crippen LogP) is 3.67. The van der Waals surface area contributed by atoms with Gasteiger partial charge < -0.3 is 5.32 Å². The molecule has 5 heteroatoms. The molecule has 1 atom stereocenters. The summed E-state index contributed by atoms with van der Waals surface area (Å²) < 4.78 is 38.3. The number of hydrogen-bond acceptors (Lipinski definition) is 2. The van der Waals surface area contributed by atoms with Gasteiger partial charge in [-0.1, -0.05) is 18.2 Å². The highest BCUT2D eigenvalue weighted by atomic mass is 19.4. The topological polar surface area (TPSA) is 15.3 Å². The number of benzene rings is 1. The van der Waals surface area contributed by atoms with Gasteiger partial charge in [0.15, 0.2) is 0 Å². The SMILES string of the molecule is CC(C)N(Cc1cccc(C(F)(F)F)c1)CC1CCCN1. The van der Waals surface area contributed by atoms with Crippen LogP contribution in [0, 0.1) is 0 Å². The molecule has 1 heterocycles. The van der Waals surface area contributed by atoms with Gasteiger partial charge >= 0.3 is 6.18 Å². The molecule has 1 aromatic rings. The van der Waals surface area contributed by atoms with Gasteiger partial charge in [-0.25, -0.2) is 0 Å². The van der Waals surface area contributed by atoms with Crippen LogP contribution in [0.4, 0.5) is 13.2 Å². The Bertz CT molecular complexity index is 451. The summed E-state index contributed by atoms with van der Waals surface area (Å²) in [5.41, 5.74) is 0.152. The maximum atomic E-state index is 12.8. The van der Waals surface area contributed by atoms with Gasteiger partial charge in [-0.3, -0.25) is 4.90 Å². The molecule has 1 aliphatic rings. The summed E-state index contributed by atoms with van der Waals surface area (Å²) in [7, 11) is 0. The largest absolute Gasteiger partial charge is 0.416 e. The van der Waals surface area contributed by atoms with E-state index in [-0.39, 0.29) is 0 Å². The van der Waals surface area contributed by atoms with Crippen LogP contribution in [0.3, 0.4) is 0 Å². The quantitative estimate of drug-likeness (QED) is 0.892. The Morgan fingerprint density at radius 2 is 2.10 bits per heavy atom. The zero-order valence-electron chi connectivity index (χ0n) is 12.6. The lowest BCUT2D eigenvalue weighted by Gasteiger charge is -2.29. The van der Waals surface area contributed by atoms with E-state index < -0.39 is 11.7 Å². The first-order valence-electron chi connectivity index (χ1n) is 7.50. The zero-order valence-corrected chi connectivity index (χ0v) is 12.6. The highest BCUT2D eigenvalue weighted by Crippen LogP contribution is 2.29. The molecule has 1 unspecified atom stereocenters. The number of nitrogens with one attached hydrogen (secondary N) is 1. The summed E-state index contributed by atoms with van der Waals surface area (Å²) in [6.07, 6.45) is -1.95. The lowest BCUT2D eigenvalue weighted by atomic mass is 10.1. The van der Waals surface area contributed by atoms with Crippen LogP contribution in [0.25, 0.3) is 0 Å². The van der Waals surface area contributed by atoms with Crippen LogP contribution >= 0.6 is 0 Å². The van der Waals surface area contributed by atoms with Crippen LogP contribution in [-0.2, 0) is 12.7 Å². The number of rotatable bonds is 5. The summed E-state index contributed by atoms with van der Waals surface area (Å²) >= 11 is 0. The van der Waals surface area contributed by atoms with Crippen molar-refractivity contribution in [3.63, 3.8) is 0 Å². The minimum Gasteiger partial charge on any atom is -0.313 e. The maximum absolute atomic E-state index is 12.8. The molecule has 0 amide bonds. The normalized spacial score (nSPS) is 19.7. The van der Waals surface area contributed by atoms with E-state index in [4.69, 9.17) is 0 Å². The van der Waals surface area contributed by atoms with Crippen molar-refractivity contribution >= 4 is 0 Å². The van der Waals surface area contributed by atoms with Crippen molar-refractivity contribution in [2.75, 3.05) is 13.1 Å². The van der Waals surface area contributed by atoms with Gasteiger partial charge in [-0.05, 0) is 44.9 Å². The van der Waals surface area contributed by atoms with Crippen molar-refractivity contribution < 1.29 is 13.2 Å². The molecule has 0 saturated carbocycles. The summed E-state index contributed by atoms with van der Waals surface area (Å²) in [6, 6.07) is 6.41. The molecular weight excluding hydrogens is 277 g/mol. The molecule has 0 aliphatic carbocycles. The fourth-order valence-electron chi connectivity index (χ4n) is 2.73. The minimum atomic E-state index is -4.27. The zero-order chi connectivity index (χ0) is 15.5. The lowest BCUT2D eigenvalue weighted by Crippen LogP contribution is -2.40. The molecule has 1 saturated heterocycles. The number of alkyl halides is 3. The summed E-state index contributed by atoms with van der Waals surface area (Å²) in [6.45, 7) is 6.65. The fourth-order valence-corrected chi connectivity index (χ4v) is 2.73. The van der Waals surface area contributed by atoms with E-state index in [2.05, 4.69) is 24.1 Å². The van der Waals surface area contributed by atoms with Gasteiger partial charge in [-0.15, -0.1) is 0 Å². The molecule has 1 fully saturated rings. The molecule has 0 radical (unpaired) electrons. The maximum Gasteiger partial charge on any atom is 0.416 e. The van der Waals surface area contributed by atoms with Crippen LogP contribution in [0.1, 0.15) is 37.8 Å². The molecule has 21 heavy (non-hydrogen) atoms. The first kappa shape index (κ1) is 16.3. The van der Waals surface area contributed by atoms with Crippen molar-refractivity contribution in [3.05, 3.63) is 35.4 Å². The van der Waals surface area contributed by atoms with Crippen molar-refractivity contribution in [2.24, 2.45) is 0 Å². The second-order valence-electron chi connectivity index (χ2n) is 6.01. The first-order valence-corrected chi connectivity index (χ1v) is 7.50. The minimum absolute atomic E-state index is 0.307. The molecule has 2 rings (SSSR count). The average molecular weight is 300 g/mol. The van der Waals surface area contributed by atoms with Gasteiger partial charge in [0, 0.05) is 25.2 Å². The molecule has 1 aliphatic heterocycles. The van der Waals surface area contributed by atoms with Crippen LogP contribution in [0.2, 0.25) is 0 Å². The Labute approximate surface area is 124 Å². The smallest absolute Gasteiger partial charge is 0.313 e. The van der Waals surface area contributed by atoms with Crippen LogP contribution < -0.4 is 5.32 Å². The second-order valence-corrected chi connectivity index (χ2v) is 6.01. The van der Waals surface area contributed by atoms with Crippen molar-refractivity contribution in [1.82, 2.24) is 10.2 Å². The molecule has 0 spiro atoms. The molecular formula is C16H23F3N2. The standard InChI is InChI=1S/C16H23F3N2/c1-12(2)21(11-15-7-4-8-20-15)10-13-5-3-6-14(9-13)16(17,18)19/h3,5-6,9,12,15,20H,4,7-8,10-11H2,1-2H3. The van der Waals surface area contributed by atoms with Gasteiger partial charge in [0.1, 0.15) is 0 Å². The van der Waals surface area contributed by atoms with E-state index in [1.807, 2.05) is 0 Å². The third-order valence-electron chi connectivity index (χ3n) is 3.99. The highest BCUT2D eigenvalue weighted by Gasteiger charge is 2.30. The fraction of sp³-hybridized carbons (Fsp3) is 0.625. The first-order chi connectivity index (χ1) is 9.86. The second kappa shape index (κ2) is 6.79. The molecule has 118 valence electrons. The Kier molecular flexibility index (Phi) is 5.27. The molecule has 0 bridgehead atoms. The van der Waals surface area contributed by atoms with E-state index in [1.54, 1.807) is 6.07 Å². The Morgan fingerprint density at radius 1 is 1.33 bits per heavy atom. The Hall–Kier alpha value is -1.07. The molecule has 1 aromatic carbocycles. The van der Waals surface area contributed by atoms with E-state index in [9.17, 15) is 13.2 Å². The molecule has 1 N–H and O–H groups in total. The summed E-state index contributed by atoms with van der Waals surface area (Å²) in [4.78, 5) is 2.23. The van der Waals surface area contributed by atoms with E-state index in [0.717, 1.165) is 31.1 Å². The van der Waals surface area contributed by atoms with Crippen LogP contribution in [-0.4, -0.2) is 30.1 Å². The summed E-state index contributed by atoms with van der Waals surface area (Å²) in [5, 5.41) is 3.44. The third-order valence-corrected chi connectivity index (χ3v) is 3.99. The van der Waals surface area contributed by atoms with Gasteiger partial charge in [0.05, 0.1) is 5.56 Å². The van der Waals surface area contributed by atoms with E-state index >= 15 is 0 Å². The third kappa shape index (κ3) is 4.71. The van der Waals surface area contributed by atoms with E-state index in [1.165, 1.54) is 18.6 Å². The van der Waals surface area contributed by atoms with Gasteiger partial charge in [0.25, 0.3) is 0 Å². The lowest BCUT2D eigenvalue weighted by molar-refractivity contribution is -0.137. The number of halogens is 3. The van der Waals surface area contributed by atoms with Crippen LogP contribution in [0.5, 0.6) is 0 Å². The summed E-state index contributed by atoms with van der Waals surface area (Å²) in [5.74, 6) is 0. The Morgan fingerprint density at radius 3 is 2.67 bits per heavy atom. The van der Waals surface area contributed by atoms with Gasteiger partial charge in [0.2, 0.25) is 0 Å². The van der Waals surface area contributed by atoms with Crippen LogP contribution in [0.15, 0.2) is 24.3 Å². The van der Waals surface area contributed by atoms with E-state index in [0.29, 0.717) is 18.6 Å². The number of hydrogen-bond donors (Lipinski definition) is 1. The van der Waals surface area contributed by atoms with Gasteiger partial charge in [-0.2, -0.15) is 13.2 Å². The van der Waals surface area contributed by atoms with Crippen molar-refractivity contribution in [1.29, 1.82) is 0 Å².